The summed E-state index contributed by atoms with van der Waals surface area (Å²) in [6.45, 7) is 7.48. The van der Waals surface area contributed by atoms with E-state index in [2.05, 4.69) is 11.6 Å². The summed E-state index contributed by atoms with van der Waals surface area (Å²) in [5.74, 6) is 0.219. The molecule has 2 aliphatic heterocycles. The fourth-order valence-electron chi connectivity index (χ4n) is 2.93. The Balaban J connectivity index is 2.11. The van der Waals surface area contributed by atoms with E-state index in [1.165, 1.54) is 6.08 Å². The zero-order valence-electron chi connectivity index (χ0n) is 14.3. The predicted octanol–water partition coefficient (Wildman–Crippen LogP) is 3.37. The molecule has 0 saturated carbocycles. The number of thioether (sulfide) groups is 1. The van der Waals surface area contributed by atoms with Crippen molar-refractivity contribution in [2.45, 2.75) is 26.3 Å². The van der Waals surface area contributed by atoms with Gasteiger partial charge in [0, 0.05) is 12.2 Å². The number of fused-ring (bicyclic) bond motifs is 1. The largest absolute Gasteiger partial charge is 0.458 e. The average molecular weight is 356 g/mol. The third-order valence-corrected chi connectivity index (χ3v) is 5.11. The molecule has 6 heteroatoms. The van der Waals surface area contributed by atoms with Crippen LogP contribution >= 0.6 is 11.8 Å². The molecule has 5 nitrogen and oxygen atoms in total. The number of allylic oxidation sites excluding steroid dienone is 1. The van der Waals surface area contributed by atoms with Crippen LogP contribution in [0.2, 0.25) is 0 Å². The Labute approximate surface area is 151 Å². The number of rotatable bonds is 4. The van der Waals surface area contributed by atoms with Crippen LogP contribution in [-0.4, -0.2) is 34.3 Å². The van der Waals surface area contributed by atoms with Crippen molar-refractivity contribution in [3.05, 3.63) is 59.3 Å². The second-order valence-electron chi connectivity index (χ2n) is 5.96. The molecule has 25 heavy (non-hydrogen) atoms. The molecule has 1 amide bonds. The summed E-state index contributed by atoms with van der Waals surface area (Å²) in [6, 6.07) is 7.34. The zero-order chi connectivity index (χ0) is 18.0. The molecule has 0 bridgehead atoms. The van der Waals surface area contributed by atoms with Gasteiger partial charge in [-0.3, -0.25) is 9.69 Å². The summed E-state index contributed by atoms with van der Waals surface area (Å²) in [5, 5.41) is 0.652. The van der Waals surface area contributed by atoms with Gasteiger partial charge < -0.3 is 4.74 Å². The van der Waals surface area contributed by atoms with Gasteiger partial charge in [0.25, 0.3) is 0 Å². The number of esters is 1. The SMILES string of the molecule is C=CCOC(=O)C1=C(C)N=C2SCCC(=O)N2C1c1ccc(C)cc1. The maximum absolute atomic E-state index is 12.7. The van der Waals surface area contributed by atoms with Crippen molar-refractivity contribution >= 4 is 28.8 Å². The van der Waals surface area contributed by atoms with Gasteiger partial charge in [-0.2, -0.15) is 0 Å². The molecular weight excluding hydrogens is 336 g/mol. The third kappa shape index (κ3) is 3.39. The molecule has 1 aromatic carbocycles. The Morgan fingerprint density at radius 3 is 2.80 bits per heavy atom. The van der Waals surface area contributed by atoms with Crippen LogP contribution in [0.3, 0.4) is 0 Å². The maximum Gasteiger partial charge on any atom is 0.338 e. The lowest BCUT2D eigenvalue weighted by molar-refractivity contribution is -0.139. The third-order valence-electron chi connectivity index (χ3n) is 4.15. The molecule has 1 unspecified atom stereocenters. The molecule has 1 aromatic rings. The summed E-state index contributed by atoms with van der Waals surface area (Å²) >= 11 is 1.54. The monoisotopic (exact) mass is 356 g/mol. The summed E-state index contributed by atoms with van der Waals surface area (Å²) in [5.41, 5.74) is 2.99. The predicted molar refractivity (Wildman–Crippen MR) is 99.1 cm³/mol. The summed E-state index contributed by atoms with van der Waals surface area (Å²) in [6.07, 6.45) is 1.95. The molecule has 3 rings (SSSR count). The lowest BCUT2D eigenvalue weighted by Gasteiger charge is -2.38. The van der Waals surface area contributed by atoms with Crippen LogP contribution < -0.4 is 0 Å². The van der Waals surface area contributed by atoms with E-state index in [9.17, 15) is 9.59 Å². The fraction of sp³-hybridized carbons (Fsp3) is 0.316. The maximum atomic E-state index is 12.7. The Bertz CT molecular complexity index is 780. The van der Waals surface area contributed by atoms with Gasteiger partial charge in [-0.15, -0.1) is 0 Å². The fourth-order valence-corrected chi connectivity index (χ4v) is 3.94. The Morgan fingerprint density at radius 1 is 1.40 bits per heavy atom. The number of carbonyl (C=O) groups excluding carboxylic acids is 2. The number of nitrogens with zero attached hydrogens (tertiary/aromatic N) is 2. The molecule has 2 heterocycles. The lowest BCUT2D eigenvalue weighted by atomic mass is 9.93. The van der Waals surface area contributed by atoms with Gasteiger partial charge in [-0.05, 0) is 19.4 Å². The second kappa shape index (κ2) is 7.27. The van der Waals surface area contributed by atoms with Crippen molar-refractivity contribution < 1.29 is 14.3 Å². The number of amidine groups is 1. The zero-order valence-corrected chi connectivity index (χ0v) is 15.1. The van der Waals surface area contributed by atoms with Gasteiger partial charge in [-0.1, -0.05) is 54.2 Å². The van der Waals surface area contributed by atoms with E-state index >= 15 is 0 Å². The highest BCUT2D eigenvalue weighted by Gasteiger charge is 2.41. The molecule has 0 aromatic heterocycles. The molecule has 0 radical (unpaired) electrons. The van der Waals surface area contributed by atoms with Gasteiger partial charge in [0.2, 0.25) is 5.91 Å². The van der Waals surface area contributed by atoms with E-state index in [4.69, 9.17) is 4.74 Å². The molecule has 1 fully saturated rings. The van der Waals surface area contributed by atoms with E-state index in [1.54, 1.807) is 23.6 Å². The number of ether oxygens (including phenoxy) is 1. The van der Waals surface area contributed by atoms with E-state index in [-0.39, 0.29) is 12.5 Å². The van der Waals surface area contributed by atoms with Crippen LogP contribution in [0.5, 0.6) is 0 Å². The number of hydrogen-bond donors (Lipinski definition) is 0. The molecular formula is C19H20N2O3S. The highest BCUT2D eigenvalue weighted by atomic mass is 32.2. The van der Waals surface area contributed by atoms with Gasteiger partial charge in [0.15, 0.2) is 5.17 Å². The van der Waals surface area contributed by atoms with Crippen molar-refractivity contribution in [1.82, 2.24) is 4.90 Å². The quantitative estimate of drug-likeness (QED) is 0.613. The first kappa shape index (κ1) is 17.5. The first-order chi connectivity index (χ1) is 12.0. The molecule has 0 aliphatic carbocycles. The molecule has 0 spiro atoms. The number of aryl methyl sites for hydroxylation is 1. The van der Waals surface area contributed by atoms with Crippen LogP contribution in [0, 0.1) is 6.92 Å². The van der Waals surface area contributed by atoms with Crippen LogP contribution in [0.1, 0.15) is 30.5 Å². The number of amides is 1. The Kier molecular flexibility index (Phi) is 5.08. The summed E-state index contributed by atoms with van der Waals surface area (Å²) < 4.78 is 5.26. The molecule has 1 saturated heterocycles. The lowest BCUT2D eigenvalue weighted by Crippen LogP contribution is -2.45. The Hall–Kier alpha value is -2.34. The number of aliphatic imine (C=N–C) groups is 1. The topological polar surface area (TPSA) is 59.0 Å². The highest BCUT2D eigenvalue weighted by molar-refractivity contribution is 8.14. The van der Waals surface area contributed by atoms with Crippen molar-refractivity contribution in [2.24, 2.45) is 4.99 Å². The van der Waals surface area contributed by atoms with Gasteiger partial charge in [0.05, 0.1) is 17.3 Å². The molecule has 0 N–H and O–H groups in total. The second-order valence-corrected chi connectivity index (χ2v) is 7.02. The van der Waals surface area contributed by atoms with Crippen molar-refractivity contribution in [1.29, 1.82) is 0 Å². The number of benzene rings is 1. The Morgan fingerprint density at radius 2 is 2.12 bits per heavy atom. The highest BCUT2D eigenvalue weighted by Crippen LogP contribution is 2.40. The molecule has 2 aliphatic rings. The summed E-state index contributed by atoms with van der Waals surface area (Å²) in [4.78, 5) is 31.4. The van der Waals surface area contributed by atoms with Gasteiger partial charge in [0.1, 0.15) is 6.61 Å². The van der Waals surface area contributed by atoms with E-state index in [0.717, 1.165) is 11.1 Å². The normalized spacial score (nSPS) is 20.1. The van der Waals surface area contributed by atoms with Crippen LogP contribution in [0.15, 0.2) is 53.2 Å². The van der Waals surface area contributed by atoms with E-state index in [1.807, 2.05) is 31.2 Å². The van der Waals surface area contributed by atoms with E-state index in [0.29, 0.717) is 28.6 Å². The smallest absolute Gasteiger partial charge is 0.338 e. The molecule has 1 atom stereocenters. The number of carbonyl (C=O) groups is 2. The minimum absolute atomic E-state index is 0.0235. The van der Waals surface area contributed by atoms with Gasteiger partial charge >= 0.3 is 5.97 Å². The molecule has 130 valence electrons. The minimum Gasteiger partial charge on any atom is -0.458 e. The minimum atomic E-state index is -0.509. The van der Waals surface area contributed by atoms with Gasteiger partial charge in [-0.25, -0.2) is 9.79 Å². The first-order valence-corrected chi connectivity index (χ1v) is 9.10. The van der Waals surface area contributed by atoms with Crippen LogP contribution in [0.25, 0.3) is 0 Å². The van der Waals surface area contributed by atoms with Crippen LogP contribution in [0.4, 0.5) is 0 Å². The van der Waals surface area contributed by atoms with Crippen molar-refractivity contribution in [3.63, 3.8) is 0 Å². The first-order valence-electron chi connectivity index (χ1n) is 8.12. The average Bonchev–Trinajstić information content (AvgIpc) is 2.59. The van der Waals surface area contributed by atoms with Crippen molar-refractivity contribution in [3.8, 4) is 0 Å². The van der Waals surface area contributed by atoms with E-state index < -0.39 is 12.0 Å². The van der Waals surface area contributed by atoms with Crippen molar-refractivity contribution in [2.75, 3.05) is 12.4 Å². The van der Waals surface area contributed by atoms with Crippen LogP contribution in [-0.2, 0) is 14.3 Å². The number of hydrogen-bond acceptors (Lipinski definition) is 5. The standard InChI is InChI=1S/C19H20N2O3S/c1-4-10-24-18(23)16-13(3)20-19-21(15(22)9-11-25-19)17(16)14-7-5-12(2)6-8-14/h4-8,17H,1,9-11H2,2-3H3. The summed E-state index contributed by atoms with van der Waals surface area (Å²) in [7, 11) is 0.